The van der Waals surface area contributed by atoms with Gasteiger partial charge in [-0.15, -0.1) is 0 Å². The Morgan fingerprint density at radius 3 is 2.57 bits per heavy atom. The van der Waals surface area contributed by atoms with E-state index >= 15 is 0 Å². The van der Waals surface area contributed by atoms with Gasteiger partial charge in [0.1, 0.15) is 0 Å². The monoisotopic (exact) mass is 260 g/mol. The van der Waals surface area contributed by atoms with E-state index in [-0.39, 0.29) is 17.3 Å². The molecule has 0 N–H and O–H groups in total. The summed E-state index contributed by atoms with van der Waals surface area (Å²) in [6.45, 7) is 4.53. The molecule has 3 heteroatoms. The van der Waals surface area contributed by atoms with Crippen molar-refractivity contribution in [2.24, 2.45) is 22.7 Å². The zero-order chi connectivity index (χ0) is 10.6. The molecule has 3 aliphatic carbocycles. The number of carbonyl (C=O) groups is 1. The van der Waals surface area contributed by atoms with Crippen molar-refractivity contribution in [3.63, 3.8) is 0 Å². The third-order valence-corrected chi connectivity index (χ3v) is 6.08. The Balaban J connectivity index is 2.26. The van der Waals surface area contributed by atoms with Crippen molar-refractivity contribution in [1.82, 2.24) is 0 Å². The predicted octanol–water partition coefficient (Wildman–Crippen LogP) is 2.61. The summed E-state index contributed by atoms with van der Waals surface area (Å²) in [6, 6.07) is 0. The summed E-state index contributed by atoms with van der Waals surface area (Å²) in [6.07, 6.45) is 2.35. The fourth-order valence-electron chi connectivity index (χ4n) is 3.68. The van der Waals surface area contributed by atoms with Gasteiger partial charge in [0.2, 0.25) is 0 Å². The minimum absolute atomic E-state index is 0.00609. The Morgan fingerprint density at radius 1 is 1.57 bits per heavy atom. The summed E-state index contributed by atoms with van der Waals surface area (Å²) in [5.74, 6) is 0.669. The largest absolute Gasteiger partial charge is 0.469 e. The number of rotatable bonds is 2. The highest BCUT2D eigenvalue weighted by Gasteiger charge is 2.72. The Kier molecular flexibility index (Phi) is 2.22. The summed E-state index contributed by atoms with van der Waals surface area (Å²) in [5.41, 5.74) is 0.458. The van der Waals surface area contributed by atoms with Gasteiger partial charge < -0.3 is 4.74 Å². The molecule has 4 atom stereocenters. The van der Waals surface area contributed by atoms with Gasteiger partial charge in [-0.25, -0.2) is 0 Å². The van der Waals surface area contributed by atoms with Crippen molar-refractivity contribution >= 4 is 21.9 Å². The van der Waals surface area contributed by atoms with Crippen molar-refractivity contribution in [1.29, 1.82) is 0 Å². The molecule has 2 bridgehead atoms. The van der Waals surface area contributed by atoms with E-state index in [9.17, 15) is 4.79 Å². The molecule has 0 aliphatic heterocycles. The number of fused-ring (bicyclic) bond motifs is 1. The van der Waals surface area contributed by atoms with Gasteiger partial charge in [-0.05, 0) is 29.6 Å². The lowest BCUT2D eigenvalue weighted by atomic mass is 9.45. The zero-order valence-electron chi connectivity index (χ0n) is 8.97. The van der Waals surface area contributed by atoms with Crippen LogP contribution in [0.15, 0.2) is 0 Å². The SMILES string of the molecule is COC(=O)[C@H]1[C@H]2CC[C@@]1(C)[C@]2(C)CBr. The molecule has 3 fully saturated rings. The number of halogens is 1. The highest BCUT2D eigenvalue weighted by Crippen LogP contribution is 2.74. The van der Waals surface area contributed by atoms with E-state index in [1.165, 1.54) is 20.0 Å². The summed E-state index contributed by atoms with van der Waals surface area (Å²) >= 11 is 3.58. The van der Waals surface area contributed by atoms with Crippen LogP contribution in [0.5, 0.6) is 0 Å². The molecule has 0 aromatic carbocycles. The van der Waals surface area contributed by atoms with Gasteiger partial charge in [0.15, 0.2) is 0 Å². The molecule has 0 spiro atoms. The van der Waals surface area contributed by atoms with E-state index in [1.807, 2.05) is 0 Å². The fourth-order valence-corrected chi connectivity index (χ4v) is 4.74. The number of methoxy groups -OCH3 is 1. The average molecular weight is 261 g/mol. The van der Waals surface area contributed by atoms with E-state index in [2.05, 4.69) is 29.8 Å². The maximum atomic E-state index is 11.6. The number of esters is 1. The molecule has 3 saturated carbocycles. The summed E-state index contributed by atoms with van der Waals surface area (Å²) in [5, 5.41) is 0.995. The van der Waals surface area contributed by atoms with Crippen molar-refractivity contribution in [3.05, 3.63) is 0 Å². The Hall–Kier alpha value is -0.0500. The maximum Gasteiger partial charge on any atom is 0.309 e. The van der Waals surface area contributed by atoms with Crippen molar-refractivity contribution in [2.45, 2.75) is 26.7 Å². The van der Waals surface area contributed by atoms with Crippen LogP contribution in [0.3, 0.4) is 0 Å². The molecule has 0 aromatic rings. The van der Waals surface area contributed by atoms with Gasteiger partial charge >= 0.3 is 5.97 Å². The van der Waals surface area contributed by atoms with Gasteiger partial charge in [-0.1, -0.05) is 29.8 Å². The smallest absolute Gasteiger partial charge is 0.309 e. The van der Waals surface area contributed by atoms with E-state index in [0.29, 0.717) is 11.3 Å². The molecule has 2 nitrogen and oxygen atoms in total. The zero-order valence-corrected chi connectivity index (χ0v) is 10.6. The molecule has 0 heterocycles. The lowest BCUT2D eigenvalue weighted by Gasteiger charge is -2.59. The molecule has 3 rings (SSSR count). The fraction of sp³-hybridized carbons (Fsp3) is 0.909. The first kappa shape index (κ1) is 10.5. The first-order valence-corrected chi connectivity index (χ1v) is 6.27. The second-order valence-corrected chi connectivity index (χ2v) is 5.68. The summed E-state index contributed by atoms with van der Waals surface area (Å²) in [7, 11) is 1.49. The first-order chi connectivity index (χ1) is 6.51. The molecule has 0 radical (unpaired) electrons. The van der Waals surface area contributed by atoms with Crippen LogP contribution in [0.1, 0.15) is 26.7 Å². The third-order valence-electron chi connectivity index (χ3n) is 4.92. The molecule has 0 unspecified atom stereocenters. The second-order valence-electron chi connectivity index (χ2n) is 5.11. The highest BCUT2D eigenvalue weighted by atomic mass is 79.9. The van der Waals surface area contributed by atoms with E-state index in [0.717, 1.165) is 5.33 Å². The summed E-state index contributed by atoms with van der Waals surface area (Å²) in [4.78, 5) is 11.6. The van der Waals surface area contributed by atoms with Gasteiger partial charge in [0, 0.05) is 5.33 Å². The van der Waals surface area contributed by atoms with Crippen LogP contribution in [0.2, 0.25) is 0 Å². The maximum absolute atomic E-state index is 11.6. The van der Waals surface area contributed by atoms with E-state index < -0.39 is 0 Å². The topological polar surface area (TPSA) is 26.3 Å². The molecule has 80 valence electrons. The Bertz CT molecular complexity index is 278. The number of hydrogen-bond acceptors (Lipinski definition) is 2. The molecule has 3 aliphatic rings. The van der Waals surface area contributed by atoms with Crippen LogP contribution >= 0.6 is 15.9 Å². The molecular weight excluding hydrogens is 244 g/mol. The van der Waals surface area contributed by atoms with Gasteiger partial charge in [-0.3, -0.25) is 4.79 Å². The minimum Gasteiger partial charge on any atom is -0.469 e. The van der Waals surface area contributed by atoms with Crippen LogP contribution in [0, 0.1) is 22.7 Å². The average Bonchev–Trinajstić information content (AvgIpc) is 2.67. The Labute approximate surface area is 93.5 Å². The highest BCUT2D eigenvalue weighted by molar-refractivity contribution is 9.09. The molecule has 0 saturated heterocycles. The summed E-state index contributed by atoms with van der Waals surface area (Å²) < 4.78 is 4.88. The van der Waals surface area contributed by atoms with Crippen molar-refractivity contribution in [3.8, 4) is 0 Å². The standard InChI is InChI=1S/C11H17BrO2/c1-10-5-4-7(11(10,2)6-12)8(10)9(13)14-3/h7-8H,4-6H2,1-3H3/t7-,8-,10-,11-/m1/s1. The van der Waals surface area contributed by atoms with Crippen molar-refractivity contribution in [2.75, 3.05) is 12.4 Å². The van der Waals surface area contributed by atoms with Gasteiger partial charge in [0.05, 0.1) is 13.0 Å². The molecule has 0 amide bonds. The van der Waals surface area contributed by atoms with Crippen LogP contribution in [-0.2, 0) is 9.53 Å². The van der Waals surface area contributed by atoms with Crippen LogP contribution in [0.25, 0.3) is 0 Å². The first-order valence-electron chi connectivity index (χ1n) is 5.15. The molecule has 0 aromatic heterocycles. The minimum atomic E-state index is -0.00609. The third kappa shape index (κ3) is 0.898. The quantitative estimate of drug-likeness (QED) is 0.564. The normalized spacial score (nSPS) is 50.0. The molecule has 14 heavy (non-hydrogen) atoms. The van der Waals surface area contributed by atoms with Crippen LogP contribution in [0.4, 0.5) is 0 Å². The van der Waals surface area contributed by atoms with E-state index in [4.69, 9.17) is 4.74 Å². The van der Waals surface area contributed by atoms with Crippen LogP contribution < -0.4 is 0 Å². The number of carbonyl (C=O) groups excluding carboxylic acids is 1. The lowest BCUT2D eigenvalue weighted by Crippen LogP contribution is -2.60. The number of ether oxygens (including phenoxy) is 1. The predicted molar refractivity (Wildman–Crippen MR) is 58.2 cm³/mol. The van der Waals surface area contributed by atoms with Crippen LogP contribution in [-0.4, -0.2) is 18.4 Å². The van der Waals surface area contributed by atoms with E-state index in [1.54, 1.807) is 0 Å². The van der Waals surface area contributed by atoms with Gasteiger partial charge in [-0.2, -0.15) is 0 Å². The number of alkyl halides is 1. The number of hydrogen-bond donors (Lipinski definition) is 0. The van der Waals surface area contributed by atoms with Crippen molar-refractivity contribution < 1.29 is 9.53 Å². The second kappa shape index (κ2) is 2.97. The molecular formula is C11H17BrO2. The Morgan fingerprint density at radius 2 is 2.21 bits per heavy atom. The van der Waals surface area contributed by atoms with Gasteiger partial charge in [0.25, 0.3) is 0 Å². The lowest BCUT2D eigenvalue weighted by molar-refractivity contribution is -0.179.